The maximum Gasteiger partial charge on any atom is 0.337 e. The standard InChI is InChI=1S/C11H13NO4/c1-6(13)5-7-3-2-4-8(9(7)12)10(14)11(15)16/h2-4,10,14H,5,12H2,1H3,(H,15,16). The molecule has 0 radical (unpaired) electrons. The number of Topliss-reactive ketones (excluding diaryl/α,β-unsaturated/α-hetero) is 1. The summed E-state index contributed by atoms with van der Waals surface area (Å²) >= 11 is 0. The highest BCUT2D eigenvalue weighted by molar-refractivity contribution is 5.82. The van der Waals surface area contributed by atoms with Crippen LogP contribution in [0.5, 0.6) is 0 Å². The summed E-state index contributed by atoms with van der Waals surface area (Å²) in [5.41, 5.74) is 6.50. The van der Waals surface area contributed by atoms with Crippen LogP contribution in [0.15, 0.2) is 18.2 Å². The van der Waals surface area contributed by atoms with Gasteiger partial charge in [0, 0.05) is 17.7 Å². The third-order valence-corrected chi connectivity index (χ3v) is 2.20. The predicted molar refractivity (Wildman–Crippen MR) is 57.8 cm³/mol. The number of aliphatic hydroxyl groups excluding tert-OH is 1. The molecule has 1 aromatic rings. The van der Waals surface area contributed by atoms with Gasteiger partial charge in [-0.05, 0) is 12.5 Å². The number of carboxylic acids is 1. The number of ketones is 1. The number of nitrogen functional groups attached to an aromatic ring is 1. The molecular formula is C11H13NO4. The van der Waals surface area contributed by atoms with E-state index in [9.17, 15) is 14.7 Å². The van der Waals surface area contributed by atoms with Crippen molar-refractivity contribution >= 4 is 17.4 Å². The SMILES string of the molecule is CC(=O)Cc1cccc(C(O)C(=O)O)c1N. The zero-order chi connectivity index (χ0) is 12.3. The molecule has 0 saturated heterocycles. The lowest BCUT2D eigenvalue weighted by atomic mass is 10.00. The third kappa shape index (κ3) is 2.58. The first-order chi connectivity index (χ1) is 7.43. The third-order valence-electron chi connectivity index (χ3n) is 2.20. The Kier molecular flexibility index (Phi) is 3.63. The van der Waals surface area contributed by atoms with Crippen molar-refractivity contribution in [1.82, 2.24) is 0 Å². The summed E-state index contributed by atoms with van der Waals surface area (Å²) in [5, 5.41) is 18.0. The summed E-state index contributed by atoms with van der Waals surface area (Å²) in [6, 6.07) is 4.63. The molecule has 0 amide bonds. The van der Waals surface area contributed by atoms with Gasteiger partial charge in [-0.25, -0.2) is 4.79 Å². The van der Waals surface area contributed by atoms with E-state index < -0.39 is 12.1 Å². The van der Waals surface area contributed by atoms with E-state index in [0.29, 0.717) is 5.56 Å². The molecule has 0 aliphatic rings. The lowest BCUT2D eigenvalue weighted by molar-refractivity contribution is -0.146. The summed E-state index contributed by atoms with van der Waals surface area (Å²) < 4.78 is 0. The predicted octanol–water partition coefficient (Wildman–Crippen LogP) is 0.518. The van der Waals surface area contributed by atoms with Crippen LogP contribution in [0, 0.1) is 0 Å². The number of hydrogen-bond donors (Lipinski definition) is 3. The van der Waals surface area contributed by atoms with Gasteiger partial charge in [-0.15, -0.1) is 0 Å². The second-order valence-corrected chi connectivity index (χ2v) is 3.54. The number of carbonyl (C=O) groups is 2. The molecule has 0 saturated carbocycles. The Hall–Kier alpha value is -1.88. The van der Waals surface area contributed by atoms with Crippen LogP contribution in [0.25, 0.3) is 0 Å². The average molecular weight is 223 g/mol. The van der Waals surface area contributed by atoms with Crippen molar-refractivity contribution in [2.75, 3.05) is 5.73 Å². The van der Waals surface area contributed by atoms with E-state index in [4.69, 9.17) is 10.8 Å². The summed E-state index contributed by atoms with van der Waals surface area (Å²) in [4.78, 5) is 21.6. The van der Waals surface area contributed by atoms with Crippen LogP contribution in [-0.4, -0.2) is 22.0 Å². The van der Waals surface area contributed by atoms with E-state index in [1.54, 1.807) is 12.1 Å². The Balaban J connectivity index is 3.13. The van der Waals surface area contributed by atoms with E-state index in [2.05, 4.69) is 0 Å². The molecule has 86 valence electrons. The second-order valence-electron chi connectivity index (χ2n) is 3.54. The second kappa shape index (κ2) is 4.76. The van der Waals surface area contributed by atoms with Crippen molar-refractivity contribution < 1.29 is 19.8 Å². The summed E-state index contributed by atoms with van der Waals surface area (Å²) in [5.74, 6) is -1.44. The van der Waals surface area contributed by atoms with Crippen LogP contribution in [0.1, 0.15) is 24.2 Å². The smallest absolute Gasteiger partial charge is 0.337 e. The topological polar surface area (TPSA) is 101 Å². The first kappa shape index (κ1) is 12.2. The fourth-order valence-corrected chi connectivity index (χ4v) is 1.43. The van der Waals surface area contributed by atoms with Crippen LogP contribution in [0.3, 0.4) is 0 Å². The highest BCUT2D eigenvalue weighted by Gasteiger charge is 2.20. The summed E-state index contributed by atoms with van der Waals surface area (Å²) in [6.45, 7) is 1.42. The van der Waals surface area contributed by atoms with Gasteiger partial charge in [0.25, 0.3) is 0 Å². The highest BCUT2D eigenvalue weighted by Crippen LogP contribution is 2.24. The molecule has 1 atom stereocenters. The minimum Gasteiger partial charge on any atom is -0.479 e. The van der Waals surface area contributed by atoms with Gasteiger partial charge < -0.3 is 15.9 Å². The largest absolute Gasteiger partial charge is 0.479 e. The maximum atomic E-state index is 10.9. The molecule has 0 aromatic heterocycles. The lowest BCUT2D eigenvalue weighted by Gasteiger charge is -2.12. The number of aliphatic hydroxyl groups is 1. The van der Waals surface area contributed by atoms with Crippen LogP contribution >= 0.6 is 0 Å². The lowest BCUT2D eigenvalue weighted by Crippen LogP contribution is -2.14. The van der Waals surface area contributed by atoms with Crippen molar-refractivity contribution in [3.8, 4) is 0 Å². The van der Waals surface area contributed by atoms with Gasteiger partial charge in [0.05, 0.1) is 0 Å². The molecule has 1 unspecified atom stereocenters. The van der Waals surface area contributed by atoms with Crippen LogP contribution < -0.4 is 5.73 Å². The quantitative estimate of drug-likeness (QED) is 0.646. The van der Waals surface area contributed by atoms with Gasteiger partial charge in [-0.3, -0.25) is 4.79 Å². The number of carboxylic acid groups (broad SMARTS) is 1. The number of aliphatic carboxylic acids is 1. The van der Waals surface area contributed by atoms with Gasteiger partial charge in [-0.2, -0.15) is 0 Å². The maximum absolute atomic E-state index is 10.9. The Bertz CT molecular complexity index is 428. The van der Waals surface area contributed by atoms with Crippen molar-refractivity contribution in [2.24, 2.45) is 0 Å². The number of anilines is 1. The van der Waals surface area contributed by atoms with E-state index in [-0.39, 0.29) is 23.5 Å². The molecule has 5 heteroatoms. The van der Waals surface area contributed by atoms with Crippen molar-refractivity contribution in [1.29, 1.82) is 0 Å². The fourth-order valence-electron chi connectivity index (χ4n) is 1.43. The number of para-hydroxylation sites is 1. The van der Waals surface area contributed by atoms with Crippen molar-refractivity contribution in [3.05, 3.63) is 29.3 Å². The van der Waals surface area contributed by atoms with Crippen LogP contribution in [0.4, 0.5) is 5.69 Å². The molecule has 0 spiro atoms. The minimum atomic E-state index is -1.66. The average Bonchev–Trinajstić information content (AvgIpc) is 2.19. The molecule has 5 nitrogen and oxygen atoms in total. The molecule has 0 aliphatic carbocycles. The van der Waals surface area contributed by atoms with Crippen molar-refractivity contribution in [2.45, 2.75) is 19.4 Å². The number of nitrogens with two attached hydrogens (primary N) is 1. The number of hydrogen-bond acceptors (Lipinski definition) is 4. The Labute approximate surface area is 92.5 Å². The minimum absolute atomic E-state index is 0.0753. The van der Waals surface area contributed by atoms with Crippen molar-refractivity contribution in [3.63, 3.8) is 0 Å². The highest BCUT2D eigenvalue weighted by atomic mass is 16.4. The van der Waals surface area contributed by atoms with Crippen LogP contribution in [0.2, 0.25) is 0 Å². The van der Waals surface area contributed by atoms with Gasteiger partial charge in [-0.1, -0.05) is 18.2 Å². The normalized spacial score (nSPS) is 12.1. The van der Waals surface area contributed by atoms with Gasteiger partial charge >= 0.3 is 5.97 Å². The Morgan fingerprint density at radius 2 is 2.06 bits per heavy atom. The molecule has 0 bridgehead atoms. The first-order valence-corrected chi connectivity index (χ1v) is 4.71. The summed E-state index contributed by atoms with van der Waals surface area (Å²) in [7, 11) is 0. The van der Waals surface area contributed by atoms with E-state index in [0.717, 1.165) is 0 Å². The monoisotopic (exact) mass is 223 g/mol. The number of rotatable bonds is 4. The zero-order valence-electron chi connectivity index (χ0n) is 8.80. The zero-order valence-corrected chi connectivity index (χ0v) is 8.80. The molecule has 0 aliphatic heterocycles. The van der Waals surface area contributed by atoms with Gasteiger partial charge in [0.15, 0.2) is 6.10 Å². The molecular weight excluding hydrogens is 210 g/mol. The molecule has 0 heterocycles. The van der Waals surface area contributed by atoms with Gasteiger partial charge in [0.1, 0.15) is 5.78 Å². The van der Waals surface area contributed by atoms with Gasteiger partial charge in [0.2, 0.25) is 0 Å². The number of benzene rings is 1. The molecule has 1 aromatic carbocycles. The van der Waals surface area contributed by atoms with E-state index in [1.807, 2.05) is 0 Å². The van der Waals surface area contributed by atoms with E-state index in [1.165, 1.54) is 13.0 Å². The summed E-state index contributed by atoms with van der Waals surface area (Å²) in [6.07, 6.45) is -1.53. The molecule has 4 N–H and O–H groups in total. The fraction of sp³-hybridized carbons (Fsp3) is 0.273. The molecule has 1 rings (SSSR count). The van der Waals surface area contributed by atoms with E-state index >= 15 is 0 Å². The first-order valence-electron chi connectivity index (χ1n) is 4.71. The molecule has 0 fully saturated rings. The van der Waals surface area contributed by atoms with Crippen LogP contribution in [-0.2, 0) is 16.0 Å². The Morgan fingerprint density at radius 3 is 2.56 bits per heavy atom. The Morgan fingerprint density at radius 1 is 1.44 bits per heavy atom. The molecule has 16 heavy (non-hydrogen) atoms. The number of carbonyl (C=O) groups excluding carboxylic acids is 1.